The summed E-state index contributed by atoms with van der Waals surface area (Å²) in [6.07, 6.45) is 11.5. The Morgan fingerprint density at radius 1 is 0.857 bits per heavy atom. The molecule has 1 amide bonds. The second-order valence-electron chi connectivity index (χ2n) is 8.28. The third kappa shape index (κ3) is 2.62. The lowest BCUT2D eigenvalue weighted by Crippen LogP contribution is -2.54. The average Bonchev–Trinajstić information content (AvgIpc) is 2.63. The van der Waals surface area contributed by atoms with Crippen LogP contribution < -0.4 is 5.32 Å². The number of aliphatic hydroxyl groups excluding tert-OH is 1. The molecule has 5 rings (SSSR count). The number of rotatable bonds is 2. The van der Waals surface area contributed by atoms with Gasteiger partial charge in [-0.25, -0.2) is 0 Å². The molecule has 4 bridgehead atoms. The first-order valence-electron chi connectivity index (χ1n) is 9.19. The number of carbonyl (C=O) groups is 1. The highest BCUT2D eigenvalue weighted by molar-refractivity contribution is 5.80. The van der Waals surface area contributed by atoms with E-state index in [1.165, 1.54) is 38.5 Å². The summed E-state index contributed by atoms with van der Waals surface area (Å²) in [5, 5.41) is 13.5. The minimum Gasteiger partial charge on any atom is -0.391 e. The summed E-state index contributed by atoms with van der Waals surface area (Å²) < 4.78 is 0. The van der Waals surface area contributed by atoms with Crippen molar-refractivity contribution in [2.75, 3.05) is 0 Å². The number of aliphatic hydroxyl groups is 1. The van der Waals surface area contributed by atoms with Gasteiger partial charge < -0.3 is 10.4 Å². The normalized spacial score (nSPS) is 48.9. The maximum absolute atomic E-state index is 12.8. The molecule has 0 aromatic carbocycles. The summed E-state index contributed by atoms with van der Waals surface area (Å²) in [4.78, 5) is 12.8. The average molecular weight is 291 g/mol. The van der Waals surface area contributed by atoms with Crippen LogP contribution in [0, 0.1) is 29.6 Å². The Hall–Kier alpha value is -0.570. The molecule has 0 spiro atoms. The SMILES string of the molecule is O=C(NC1CCCCCC1O)C1C2CC3CC(C2)CC1C3. The Morgan fingerprint density at radius 2 is 1.48 bits per heavy atom. The number of hydrogen-bond acceptors (Lipinski definition) is 2. The van der Waals surface area contributed by atoms with Crippen LogP contribution in [0.5, 0.6) is 0 Å². The Balaban J connectivity index is 1.43. The molecule has 5 aliphatic rings. The van der Waals surface area contributed by atoms with Crippen molar-refractivity contribution in [1.82, 2.24) is 5.32 Å². The lowest BCUT2D eigenvalue weighted by molar-refractivity contribution is -0.139. The molecule has 21 heavy (non-hydrogen) atoms. The van der Waals surface area contributed by atoms with E-state index in [0.29, 0.717) is 11.8 Å². The van der Waals surface area contributed by atoms with Gasteiger partial charge in [-0.2, -0.15) is 0 Å². The summed E-state index contributed by atoms with van der Waals surface area (Å²) in [5.41, 5.74) is 0. The van der Waals surface area contributed by atoms with E-state index in [-0.39, 0.29) is 24.0 Å². The third-order valence-electron chi connectivity index (χ3n) is 6.84. The highest BCUT2D eigenvalue weighted by Crippen LogP contribution is 2.56. The smallest absolute Gasteiger partial charge is 0.223 e. The minimum atomic E-state index is -0.326. The summed E-state index contributed by atoms with van der Waals surface area (Å²) in [6.45, 7) is 0. The quantitative estimate of drug-likeness (QED) is 0.769. The molecule has 3 heteroatoms. The Morgan fingerprint density at radius 3 is 2.14 bits per heavy atom. The maximum Gasteiger partial charge on any atom is 0.223 e. The van der Waals surface area contributed by atoms with Gasteiger partial charge in [0.05, 0.1) is 12.1 Å². The molecule has 0 aliphatic heterocycles. The van der Waals surface area contributed by atoms with Crippen molar-refractivity contribution in [3.05, 3.63) is 0 Å². The number of carbonyl (C=O) groups excluding carboxylic acids is 1. The Bertz CT molecular complexity index is 380. The van der Waals surface area contributed by atoms with Gasteiger partial charge in [0.1, 0.15) is 0 Å². The summed E-state index contributed by atoms with van der Waals surface area (Å²) in [6, 6.07) is 0.0113. The van der Waals surface area contributed by atoms with Crippen molar-refractivity contribution in [3.8, 4) is 0 Å². The van der Waals surface area contributed by atoms with Gasteiger partial charge in [-0.15, -0.1) is 0 Å². The molecule has 118 valence electrons. The van der Waals surface area contributed by atoms with Gasteiger partial charge in [0.25, 0.3) is 0 Å². The number of amides is 1. The fourth-order valence-electron chi connectivity index (χ4n) is 6.09. The first kappa shape index (κ1) is 14.0. The molecule has 2 unspecified atom stereocenters. The highest BCUT2D eigenvalue weighted by atomic mass is 16.3. The molecule has 5 saturated carbocycles. The molecule has 5 fully saturated rings. The molecule has 2 N–H and O–H groups in total. The van der Waals surface area contributed by atoms with Crippen molar-refractivity contribution in [3.63, 3.8) is 0 Å². The molecule has 0 heterocycles. The zero-order valence-corrected chi connectivity index (χ0v) is 13.0. The van der Waals surface area contributed by atoms with Crippen molar-refractivity contribution in [2.45, 2.75) is 76.4 Å². The lowest BCUT2D eigenvalue weighted by Gasteiger charge is -2.53. The second-order valence-corrected chi connectivity index (χ2v) is 8.28. The molecule has 0 aromatic rings. The van der Waals surface area contributed by atoms with Crippen LogP contribution in [0.3, 0.4) is 0 Å². The zero-order chi connectivity index (χ0) is 14.4. The zero-order valence-electron chi connectivity index (χ0n) is 13.0. The summed E-state index contributed by atoms with van der Waals surface area (Å²) >= 11 is 0. The van der Waals surface area contributed by atoms with Crippen molar-refractivity contribution >= 4 is 5.91 Å². The van der Waals surface area contributed by atoms with E-state index >= 15 is 0 Å². The van der Waals surface area contributed by atoms with Crippen LogP contribution in [0.15, 0.2) is 0 Å². The monoisotopic (exact) mass is 291 g/mol. The van der Waals surface area contributed by atoms with Gasteiger partial charge in [-0.05, 0) is 68.6 Å². The van der Waals surface area contributed by atoms with Gasteiger partial charge in [-0.1, -0.05) is 19.3 Å². The predicted octanol–water partition coefficient (Wildman–Crippen LogP) is 2.87. The summed E-state index contributed by atoms with van der Waals surface area (Å²) in [7, 11) is 0. The molecule has 0 radical (unpaired) electrons. The summed E-state index contributed by atoms with van der Waals surface area (Å²) in [5.74, 6) is 3.65. The standard InChI is InChI=1S/C18H29NO2/c20-16-5-3-1-2-4-15(16)19-18(21)17-13-7-11-6-12(9-13)10-14(17)8-11/h11-17,20H,1-10H2,(H,19,21). The maximum atomic E-state index is 12.8. The molecular weight excluding hydrogens is 262 g/mol. The first-order chi connectivity index (χ1) is 10.2. The highest BCUT2D eigenvalue weighted by Gasteiger charge is 2.51. The number of hydrogen-bond donors (Lipinski definition) is 2. The Kier molecular flexibility index (Phi) is 3.72. The molecule has 5 aliphatic carbocycles. The van der Waals surface area contributed by atoms with E-state index in [9.17, 15) is 9.90 Å². The van der Waals surface area contributed by atoms with E-state index in [1.807, 2.05) is 0 Å². The Labute approximate surface area is 127 Å². The van der Waals surface area contributed by atoms with Crippen LogP contribution in [0.4, 0.5) is 0 Å². The fraction of sp³-hybridized carbons (Fsp3) is 0.944. The van der Waals surface area contributed by atoms with E-state index in [2.05, 4.69) is 5.32 Å². The van der Waals surface area contributed by atoms with Gasteiger partial charge >= 0.3 is 0 Å². The van der Waals surface area contributed by atoms with Gasteiger partial charge in [-0.3, -0.25) is 4.79 Å². The van der Waals surface area contributed by atoms with E-state index in [0.717, 1.165) is 37.5 Å². The van der Waals surface area contributed by atoms with E-state index in [4.69, 9.17) is 0 Å². The first-order valence-corrected chi connectivity index (χ1v) is 9.19. The van der Waals surface area contributed by atoms with Crippen molar-refractivity contribution < 1.29 is 9.90 Å². The predicted molar refractivity (Wildman–Crippen MR) is 81.6 cm³/mol. The van der Waals surface area contributed by atoms with Crippen molar-refractivity contribution in [2.24, 2.45) is 29.6 Å². The molecule has 0 saturated heterocycles. The third-order valence-corrected chi connectivity index (χ3v) is 6.84. The fourth-order valence-corrected chi connectivity index (χ4v) is 6.09. The van der Waals surface area contributed by atoms with Crippen LogP contribution in [-0.4, -0.2) is 23.2 Å². The van der Waals surface area contributed by atoms with Crippen LogP contribution in [0.25, 0.3) is 0 Å². The van der Waals surface area contributed by atoms with Crippen LogP contribution in [-0.2, 0) is 4.79 Å². The second kappa shape index (κ2) is 5.57. The van der Waals surface area contributed by atoms with Crippen LogP contribution in [0.2, 0.25) is 0 Å². The van der Waals surface area contributed by atoms with Crippen LogP contribution in [0.1, 0.15) is 64.2 Å². The van der Waals surface area contributed by atoms with Crippen molar-refractivity contribution in [1.29, 1.82) is 0 Å². The molecule has 3 nitrogen and oxygen atoms in total. The van der Waals surface area contributed by atoms with Gasteiger partial charge in [0.15, 0.2) is 0 Å². The van der Waals surface area contributed by atoms with Gasteiger partial charge in [0, 0.05) is 5.92 Å². The van der Waals surface area contributed by atoms with E-state index in [1.54, 1.807) is 0 Å². The largest absolute Gasteiger partial charge is 0.391 e. The van der Waals surface area contributed by atoms with Crippen LogP contribution >= 0.6 is 0 Å². The lowest BCUT2D eigenvalue weighted by atomic mass is 9.51. The topological polar surface area (TPSA) is 49.3 Å². The molecule has 0 aromatic heterocycles. The minimum absolute atomic E-state index is 0.0113. The van der Waals surface area contributed by atoms with Gasteiger partial charge in [0.2, 0.25) is 5.91 Å². The number of nitrogens with one attached hydrogen (secondary N) is 1. The molecule has 2 atom stereocenters. The molecular formula is C18H29NO2. The van der Waals surface area contributed by atoms with E-state index < -0.39 is 0 Å².